The third-order valence-corrected chi connectivity index (χ3v) is 5.03. The average molecular weight is 409 g/mol. The van der Waals surface area contributed by atoms with Crippen LogP contribution in [-0.4, -0.2) is 15.8 Å². The van der Waals surface area contributed by atoms with Gasteiger partial charge in [-0.2, -0.15) is 0 Å². The van der Waals surface area contributed by atoms with Crippen molar-refractivity contribution in [3.8, 4) is 0 Å². The van der Waals surface area contributed by atoms with E-state index in [9.17, 15) is 25.0 Å². The standard InChI is InChI=1S/C20H15N3O5S/c24-20(15-10-17(22(25)26)12-18(11-15)23(27)28)21-16-8-6-14(7-9-16)13-29-19-4-2-1-3-5-19/h1-12H,13H2,(H,21,24). The van der Waals surface area contributed by atoms with Crippen molar-refractivity contribution in [2.75, 3.05) is 5.32 Å². The van der Waals surface area contributed by atoms with Crippen molar-refractivity contribution in [1.29, 1.82) is 0 Å². The molecule has 1 N–H and O–H groups in total. The van der Waals surface area contributed by atoms with Crippen molar-refractivity contribution >= 4 is 34.7 Å². The topological polar surface area (TPSA) is 115 Å². The Bertz CT molecular complexity index is 1020. The van der Waals surface area contributed by atoms with Gasteiger partial charge < -0.3 is 5.32 Å². The molecule has 0 fully saturated rings. The quantitative estimate of drug-likeness (QED) is 0.332. The number of rotatable bonds is 7. The second kappa shape index (κ2) is 8.98. The zero-order valence-corrected chi connectivity index (χ0v) is 15.8. The average Bonchev–Trinajstić information content (AvgIpc) is 2.73. The number of amides is 1. The molecule has 3 aromatic carbocycles. The van der Waals surface area contributed by atoms with Gasteiger partial charge in [-0.05, 0) is 29.8 Å². The maximum absolute atomic E-state index is 12.4. The van der Waals surface area contributed by atoms with Gasteiger partial charge in [0, 0.05) is 28.5 Å². The first-order chi connectivity index (χ1) is 13.9. The Hall–Kier alpha value is -3.72. The van der Waals surface area contributed by atoms with Crippen LogP contribution in [-0.2, 0) is 5.75 Å². The Kier molecular flexibility index (Phi) is 6.20. The minimum absolute atomic E-state index is 0.158. The second-order valence-corrected chi connectivity index (χ2v) is 7.05. The Morgan fingerprint density at radius 3 is 2.00 bits per heavy atom. The molecular formula is C20H15N3O5S. The number of anilines is 1. The lowest BCUT2D eigenvalue weighted by Crippen LogP contribution is -2.12. The summed E-state index contributed by atoms with van der Waals surface area (Å²) in [6.07, 6.45) is 0. The highest BCUT2D eigenvalue weighted by Gasteiger charge is 2.20. The van der Waals surface area contributed by atoms with Crippen LogP contribution < -0.4 is 5.32 Å². The van der Waals surface area contributed by atoms with Gasteiger partial charge >= 0.3 is 0 Å². The first-order valence-electron chi connectivity index (χ1n) is 8.44. The fourth-order valence-electron chi connectivity index (χ4n) is 2.51. The largest absolute Gasteiger partial charge is 0.322 e. The van der Waals surface area contributed by atoms with Crippen molar-refractivity contribution in [3.63, 3.8) is 0 Å². The molecule has 0 aliphatic rings. The van der Waals surface area contributed by atoms with Crippen LogP contribution in [0.15, 0.2) is 77.7 Å². The molecule has 29 heavy (non-hydrogen) atoms. The van der Waals surface area contributed by atoms with Crippen LogP contribution in [0.25, 0.3) is 0 Å². The summed E-state index contributed by atoms with van der Waals surface area (Å²) in [7, 11) is 0. The highest BCUT2D eigenvalue weighted by atomic mass is 32.2. The zero-order valence-electron chi connectivity index (χ0n) is 15.0. The third kappa shape index (κ3) is 5.39. The third-order valence-electron chi connectivity index (χ3n) is 3.95. The molecular weight excluding hydrogens is 394 g/mol. The summed E-state index contributed by atoms with van der Waals surface area (Å²) in [6, 6.07) is 19.9. The Morgan fingerprint density at radius 2 is 1.45 bits per heavy atom. The Labute approximate surface area is 169 Å². The minimum atomic E-state index is -0.775. The molecule has 0 aliphatic carbocycles. The van der Waals surface area contributed by atoms with Crippen molar-refractivity contribution in [2.24, 2.45) is 0 Å². The SMILES string of the molecule is O=C(Nc1ccc(CSc2ccccc2)cc1)c1cc([N+](=O)[O-])cc([N+](=O)[O-])c1. The summed E-state index contributed by atoms with van der Waals surface area (Å²) >= 11 is 1.68. The van der Waals surface area contributed by atoms with Crippen LogP contribution in [0.3, 0.4) is 0 Å². The molecule has 0 aliphatic heterocycles. The van der Waals surface area contributed by atoms with Gasteiger partial charge in [0.25, 0.3) is 17.3 Å². The predicted molar refractivity (Wildman–Crippen MR) is 110 cm³/mol. The number of hydrogen-bond acceptors (Lipinski definition) is 6. The number of thioether (sulfide) groups is 1. The number of non-ortho nitro benzene ring substituents is 2. The van der Waals surface area contributed by atoms with Crippen LogP contribution in [0.4, 0.5) is 17.1 Å². The predicted octanol–water partition coefficient (Wildman–Crippen LogP) is 5.05. The van der Waals surface area contributed by atoms with Crippen LogP contribution in [0, 0.1) is 20.2 Å². The minimum Gasteiger partial charge on any atom is -0.322 e. The molecule has 0 saturated carbocycles. The van der Waals surface area contributed by atoms with E-state index in [1.807, 2.05) is 42.5 Å². The number of nitro groups is 2. The van der Waals surface area contributed by atoms with Gasteiger partial charge in [-0.15, -0.1) is 11.8 Å². The molecule has 0 saturated heterocycles. The van der Waals surface area contributed by atoms with E-state index in [1.165, 1.54) is 0 Å². The van der Waals surface area contributed by atoms with Gasteiger partial charge in [0.2, 0.25) is 0 Å². The van der Waals surface area contributed by atoms with Gasteiger partial charge in [0.05, 0.1) is 21.5 Å². The molecule has 8 nitrogen and oxygen atoms in total. The molecule has 9 heteroatoms. The normalized spacial score (nSPS) is 10.3. The summed E-state index contributed by atoms with van der Waals surface area (Å²) in [5, 5.41) is 24.5. The van der Waals surface area contributed by atoms with Crippen molar-refractivity contribution < 1.29 is 14.6 Å². The van der Waals surface area contributed by atoms with E-state index in [4.69, 9.17) is 0 Å². The molecule has 0 atom stereocenters. The Morgan fingerprint density at radius 1 is 0.862 bits per heavy atom. The molecule has 0 bridgehead atoms. The van der Waals surface area contributed by atoms with Crippen LogP contribution in [0.2, 0.25) is 0 Å². The number of nitrogens with zero attached hydrogens (tertiary/aromatic N) is 2. The number of carbonyl (C=O) groups excluding carboxylic acids is 1. The maximum Gasteiger partial charge on any atom is 0.277 e. The monoisotopic (exact) mass is 409 g/mol. The summed E-state index contributed by atoms with van der Waals surface area (Å²) in [5.74, 6) is 0.0955. The van der Waals surface area contributed by atoms with E-state index in [2.05, 4.69) is 5.32 Å². The molecule has 1 amide bonds. The number of benzene rings is 3. The number of carbonyl (C=O) groups is 1. The van der Waals surface area contributed by atoms with E-state index in [0.717, 1.165) is 34.4 Å². The fraction of sp³-hybridized carbons (Fsp3) is 0.0500. The maximum atomic E-state index is 12.4. The molecule has 3 rings (SSSR count). The lowest BCUT2D eigenvalue weighted by molar-refractivity contribution is -0.394. The van der Waals surface area contributed by atoms with E-state index >= 15 is 0 Å². The molecule has 0 aromatic heterocycles. The van der Waals surface area contributed by atoms with Crippen LogP contribution in [0.1, 0.15) is 15.9 Å². The first-order valence-corrected chi connectivity index (χ1v) is 9.43. The van der Waals surface area contributed by atoms with Gasteiger partial charge in [0.1, 0.15) is 0 Å². The van der Waals surface area contributed by atoms with E-state index in [0.29, 0.717) is 5.69 Å². The van der Waals surface area contributed by atoms with Crippen molar-refractivity contribution in [3.05, 3.63) is 104 Å². The van der Waals surface area contributed by atoms with E-state index in [-0.39, 0.29) is 5.56 Å². The smallest absolute Gasteiger partial charge is 0.277 e. The van der Waals surface area contributed by atoms with Crippen molar-refractivity contribution in [1.82, 2.24) is 0 Å². The molecule has 0 spiro atoms. The summed E-state index contributed by atoms with van der Waals surface area (Å²) < 4.78 is 0. The van der Waals surface area contributed by atoms with Gasteiger partial charge in [0.15, 0.2) is 0 Å². The molecule has 3 aromatic rings. The van der Waals surface area contributed by atoms with Crippen LogP contribution >= 0.6 is 11.8 Å². The van der Waals surface area contributed by atoms with Crippen LogP contribution in [0.5, 0.6) is 0 Å². The fourth-order valence-corrected chi connectivity index (χ4v) is 3.38. The second-order valence-electron chi connectivity index (χ2n) is 6.01. The number of nitro benzene ring substituents is 2. The zero-order chi connectivity index (χ0) is 20.8. The number of nitrogens with one attached hydrogen (secondary N) is 1. The lowest BCUT2D eigenvalue weighted by atomic mass is 10.1. The molecule has 0 heterocycles. The van der Waals surface area contributed by atoms with Gasteiger partial charge in [-0.3, -0.25) is 25.0 Å². The first kappa shape index (κ1) is 20.0. The summed E-state index contributed by atoms with van der Waals surface area (Å²) in [4.78, 5) is 33.9. The molecule has 0 unspecified atom stereocenters. The lowest BCUT2D eigenvalue weighted by Gasteiger charge is -2.07. The van der Waals surface area contributed by atoms with E-state index < -0.39 is 27.1 Å². The van der Waals surface area contributed by atoms with Crippen molar-refractivity contribution in [2.45, 2.75) is 10.6 Å². The number of hydrogen-bond donors (Lipinski definition) is 1. The van der Waals surface area contributed by atoms with Gasteiger partial charge in [-0.1, -0.05) is 30.3 Å². The summed E-state index contributed by atoms with van der Waals surface area (Å²) in [6.45, 7) is 0. The molecule has 146 valence electrons. The van der Waals surface area contributed by atoms with Gasteiger partial charge in [-0.25, -0.2) is 0 Å². The molecule has 0 radical (unpaired) electrons. The highest BCUT2D eigenvalue weighted by Crippen LogP contribution is 2.25. The summed E-state index contributed by atoms with van der Waals surface area (Å²) in [5.41, 5.74) is 0.352. The highest BCUT2D eigenvalue weighted by molar-refractivity contribution is 7.98. The Balaban J connectivity index is 1.69. The van der Waals surface area contributed by atoms with E-state index in [1.54, 1.807) is 23.9 Å².